The average Bonchev–Trinajstić information content (AvgIpc) is 3.13. The van der Waals surface area contributed by atoms with Crippen LogP contribution < -0.4 is 0 Å². The molecule has 2 aliphatic heterocycles. The highest BCUT2D eigenvalue weighted by Gasteiger charge is 2.54. The largest absolute Gasteiger partial charge is 0.459 e. The second kappa shape index (κ2) is 8.32. The molecule has 0 aromatic heterocycles. The van der Waals surface area contributed by atoms with Crippen LogP contribution in [-0.4, -0.2) is 81.3 Å². The van der Waals surface area contributed by atoms with E-state index in [-0.39, 0.29) is 18.8 Å². The van der Waals surface area contributed by atoms with E-state index in [2.05, 4.69) is 4.90 Å². The van der Waals surface area contributed by atoms with Crippen molar-refractivity contribution in [3.63, 3.8) is 0 Å². The molecule has 0 bridgehead atoms. The van der Waals surface area contributed by atoms with Crippen molar-refractivity contribution in [2.24, 2.45) is 0 Å². The first-order valence-corrected chi connectivity index (χ1v) is 9.46. The highest BCUT2D eigenvalue weighted by molar-refractivity contribution is 5.83. The first-order valence-electron chi connectivity index (χ1n) is 9.46. The molecule has 8 nitrogen and oxygen atoms in total. The lowest BCUT2D eigenvalue weighted by atomic mass is 9.81. The minimum atomic E-state index is -2.46. The highest BCUT2D eigenvalue weighted by atomic mass is 16.6. The number of esters is 2. The number of aliphatic hydroxyl groups is 3. The molecule has 0 aromatic carbocycles. The Balaban J connectivity index is 2.05. The Kier molecular flexibility index (Phi) is 6.70. The molecule has 0 aliphatic carbocycles. The third kappa shape index (κ3) is 4.46. The summed E-state index contributed by atoms with van der Waals surface area (Å²) in [6.45, 7) is 8.59. The number of carbonyl (C=O) groups is 2. The predicted octanol–water partition coefficient (Wildman–Crippen LogP) is 0.305. The van der Waals surface area contributed by atoms with E-state index in [4.69, 9.17) is 9.47 Å². The summed E-state index contributed by atoms with van der Waals surface area (Å²) < 4.78 is 10.8. The number of ether oxygens (including phenoxy) is 2. The lowest BCUT2D eigenvalue weighted by Gasteiger charge is -2.38. The molecule has 3 N–H and O–H groups in total. The molecule has 0 radical (unpaired) electrons. The molecular weight excluding hydrogens is 366 g/mol. The van der Waals surface area contributed by atoms with Gasteiger partial charge < -0.3 is 24.8 Å². The summed E-state index contributed by atoms with van der Waals surface area (Å²) in [5.41, 5.74) is -2.74. The Morgan fingerprint density at radius 2 is 2.00 bits per heavy atom. The number of fused-ring (bicyclic) bond motifs is 1. The number of allylic oxidation sites excluding steroid dienone is 1. The number of nitrogens with zero attached hydrogens (tertiary/aromatic N) is 1. The van der Waals surface area contributed by atoms with Crippen LogP contribution in [0.4, 0.5) is 0 Å². The maximum Gasteiger partial charge on any atom is 0.344 e. The zero-order valence-electron chi connectivity index (χ0n) is 17.1. The van der Waals surface area contributed by atoms with E-state index in [0.29, 0.717) is 13.0 Å². The van der Waals surface area contributed by atoms with Crippen LogP contribution >= 0.6 is 0 Å². The van der Waals surface area contributed by atoms with Gasteiger partial charge in [-0.1, -0.05) is 11.6 Å². The standard InChI is InChI=1S/C20H31NO7/c1-12(2)10-16(23)28-15-7-9-21-8-6-14(17(15)21)11-27-18(24)20(26,13(3)22)19(4,5)25/h6,10,13,15,17,22,25-26H,7-9,11H2,1-5H3. The number of carbonyl (C=O) groups excluding carboxylic acids is 2. The number of aliphatic hydroxyl groups excluding tert-OH is 1. The number of rotatable bonds is 7. The quantitative estimate of drug-likeness (QED) is 0.319. The van der Waals surface area contributed by atoms with Crippen LogP contribution in [0, 0.1) is 0 Å². The molecule has 4 unspecified atom stereocenters. The lowest BCUT2D eigenvalue weighted by molar-refractivity contribution is -0.213. The van der Waals surface area contributed by atoms with Gasteiger partial charge in [-0.25, -0.2) is 9.59 Å². The third-order valence-electron chi connectivity index (χ3n) is 5.31. The average molecular weight is 397 g/mol. The number of hydrogen-bond acceptors (Lipinski definition) is 8. The van der Waals surface area contributed by atoms with E-state index in [1.54, 1.807) is 0 Å². The van der Waals surface area contributed by atoms with Crippen LogP contribution in [0.2, 0.25) is 0 Å². The van der Waals surface area contributed by atoms with Crippen molar-refractivity contribution in [1.82, 2.24) is 4.90 Å². The van der Waals surface area contributed by atoms with Gasteiger partial charge in [-0.2, -0.15) is 0 Å². The maximum atomic E-state index is 12.5. The van der Waals surface area contributed by atoms with Crippen LogP contribution in [0.5, 0.6) is 0 Å². The van der Waals surface area contributed by atoms with Crippen molar-refractivity contribution in [2.45, 2.75) is 70.5 Å². The summed E-state index contributed by atoms with van der Waals surface area (Å²) in [5.74, 6) is -1.51. The van der Waals surface area contributed by atoms with Crippen molar-refractivity contribution in [2.75, 3.05) is 19.7 Å². The van der Waals surface area contributed by atoms with Crippen molar-refractivity contribution in [3.05, 3.63) is 23.3 Å². The second-order valence-electron chi connectivity index (χ2n) is 8.28. The van der Waals surface area contributed by atoms with Gasteiger partial charge in [-0.05, 0) is 46.6 Å². The van der Waals surface area contributed by atoms with Crippen LogP contribution in [0.25, 0.3) is 0 Å². The Morgan fingerprint density at radius 1 is 1.36 bits per heavy atom. The van der Waals surface area contributed by atoms with Gasteiger partial charge >= 0.3 is 11.9 Å². The van der Waals surface area contributed by atoms with Gasteiger partial charge in [0.25, 0.3) is 0 Å². The smallest absolute Gasteiger partial charge is 0.344 e. The van der Waals surface area contributed by atoms with E-state index >= 15 is 0 Å². The maximum absolute atomic E-state index is 12.5. The van der Waals surface area contributed by atoms with Gasteiger partial charge in [0.1, 0.15) is 18.3 Å². The van der Waals surface area contributed by atoms with E-state index in [1.165, 1.54) is 26.8 Å². The summed E-state index contributed by atoms with van der Waals surface area (Å²) >= 11 is 0. The predicted molar refractivity (Wildman–Crippen MR) is 101 cm³/mol. The van der Waals surface area contributed by atoms with Gasteiger partial charge in [-0.15, -0.1) is 0 Å². The van der Waals surface area contributed by atoms with Gasteiger partial charge in [0.15, 0.2) is 0 Å². The molecule has 4 atom stereocenters. The summed E-state index contributed by atoms with van der Waals surface area (Å²) in [4.78, 5) is 26.6. The summed E-state index contributed by atoms with van der Waals surface area (Å²) in [7, 11) is 0. The Hall–Kier alpha value is -1.74. The van der Waals surface area contributed by atoms with Gasteiger partial charge in [0.05, 0.1) is 12.1 Å². The fourth-order valence-electron chi connectivity index (χ4n) is 3.74. The molecular formula is C20H31NO7. The minimum Gasteiger partial charge on any atom is -0.459 e. The molecule has 8 heteroatoms. The normalized spacial score (nSPS) is 25.4. The highest BCUT2D eigenvalue weighted by Crippen LogP contribution is 2.33. The van der Waals surface area contributed by atoms with Gasteiger partial charge in [0.2, 0.25) is 5.60 Å². The zero-order valence-corrected chi connectivity index (χ0v) is 17.1. The Labute approximate surface area is 165 Å². The molecule has 28 heavy (non-hydrogen) atoms. The van der Waals surface area contributed by atoms with Crippen LogP contribution in [0.3, 0.4) is 0 Å². The molecule has 158 valence electrons. The molecule has 0 spiro atoms. The van der Waals surface area contributed by atoms with E-state index < -0.39 is 29.2 Å². The van der Waals surface area contributed by atoms with E-state index in [0.717, 1.165) is 17.7 Å². The minimum absolute atomic E-state index is 0.123. The van der Waals surface area contributed by atoms with Crippen molar-refractivity contribution in [1.29, 1.82) is 0 Å². The molecule has 2 aliphatic rings. The lowest BCUT2D eigenvalue weighted by Crippen LogP contribution is -2.63. The number of hydrogen-bond donors (Lipinski definition) is 3. The van der Waals surface area contributed by atoms with E-state index in [9.17, 15) is 24.9 Å². The van der Waals surface area contributed by atoms with Crippen LogP contribution in [-0.2, 0) is 19.1 Å². The topological polar surface area (TPSA) is 117 Å². The van der Waals surface area contributed by atoms with E-state index in [1.807, 2.05) is 19.9 Å². The molecule has 0 saturated carbocycles. The first kappa shape index (κ1) is 22.5. The van der Waals surface area contributed by atoms with Gasteiger partial charge in [0, 0.05) is 19.2 Å². The molecule has 0 aromatic rings. The molecule has 0 amide bonds. The van der Waals surface area contributed by atoms with Crippen molar-refractivity contribution in [3.8, 4) is 0 Å². The molecule has 1 saturated heterocycles. The van der Waals surface area contributed by atoms with Crippen molar-refractivity contribution >= 4 is 11.9 Å². The summed E-state index contributed by atoms with van der Waals surface area (Å²) in [6, 6.07) is -0.191. The van der Waals surface area contributed by atoms with Crippen LogP contribution in [0.15, 0.2) is 23.3 Å². The summed E-state index contributed by atoms with van der Waals surface area (Å²) in [6.07, 6.45) is 2.15. The molecule has 2 rings (SSSR count). The van der Waals surface area contributed by atoms with Crippen LogP contribution in [0.1, 0.15) is 41.0 Å². The fourth-order valence-corrected chi connectivity index (χ4v) is 3.74. The molecule has 2 heterocycles. The Bertz CT molecular complexity index is 673. The molecule has 1 fully saturated rings. The second-order valence-corrected chi connectivity index (χ2v) is 8.28. The fraction of sp³-hybridized carbons (Fsp3) is 0.700. The first-order chi connectivity index (χ1) is 12.9. The zero-order chi connectivity index (χ0) is 21.3. The van der Waals surface area contributed by atoms with Crippen molar-refractivity contribution < 1.29 is 34.4 Å². The summed E-state index contributed by atoms with van der Waals surface area (Å²) in [5, 5.41) is 30.5. The third-order valence-corrected chi connectivity index (χ3v) is 5.31. The monoisotopic (exact) mass is 397 g/mol. The van der Waals surface area contributed by atoms with Gasteiger partial charge in [-0.3, -0.25) is 4.90 Å². The Morgan fingerprint density at radius 3 is 2.54 bits per heavy atom. The SMILES string of the molecule is CC(C)=CC(=O)OC1CCN2CC=C(COC(=O)C(O)(C(C)O)C(C)(C)O)C12.